The summed E-state index contributed by atoms with van der Waals surface area (Å²) in [5.74, 6) is -0.155. The molecule has 0 unspecified atom stereocenters. The lowest BCUT2D eigenvalue weighted by molar-refractivity contribution is 0.102. The van der Waals surface area contributed by atoms with Crippen LogP contribution in [0.1, 0.15) is 25.8 Å². The molecule has 24 heavy (non-hydrogen) atoms. The van der Waals surface area contributed by atoms with Gasteiger partial charge in [-0.2, -0.15) is 0 Å². The molecule has 2 aromatic carbocycles. The molecule has 3 nitrogen and oxygen atoms in total. The van der Waals surface area contributed by atoms with Crippen LogP contribution in [0.5, 0.6) is 0 Å². The molecule has 1 aromatic heterocycles. The molecule has 0 fully saturated rings. The smallest absolute Gasteiger partial charge is 0.255 e. The average molecular weight is 357 g/mol. The van der Waals surface area contributed by atoms with Gasteiger partial charge in [0.25, 0.3) is 5.91 Å². The molecule has 0 aliphatic carbocycles. The third kappa shape index (κ3) is 3.50. The van der Waals surface area contributed by atoms with E-state index < -0.39 is 0 Å². The number of hydrogen-bond acceptors (Lipinski definition) is 3. The van der Waals surface area contributed by atoms with E-state index in [4.69, 9.17) is 11.6 Å². The van der Waals surface area contributed by atoms with Gasteiger partial charge in [-0.3, -0.25) is 4.79 Å². The number of amides is 1. The summed E-state index contributed by atoms with van der Waals surface area (Å²) in [6.07, 6.45) is 0. The van der Waals surface area contributed by atoms with Gasteiger partial charge in [-0.25, -0.2) is 4.98 Å². The number of anilines is 1. The van der Waals surface area contributed by atoms with Crippen molar-refractivity contribution in [2.24, 2.45) is 0 Å². The summed E-state index contributed by atoms with van der Waals surface area (Å²) in [5, 5.41) is 4.55. The van der Waals surface area contributed by atoms with Crippen LogP contribution in [-0.2, 0) is 0 Å². The van der Waals surface area contributed by atoms with Gasteiger partial charge in [-0.15, -0.1) is 11.3 Å². The Kier molecular flexibility index (Phi) is 4.69. The van der Waals surface area contributed by atoms with E-state index in [1.807, 2.05) is 44.2 Å². The lowest BCUT2D eigenvalue weighted by Crippen LogP contribution is -2.12. The van der Waals surface area contributed by atoms with Crippen molar-refractivity contribution in [1.82, 2.24) is 4.98 Å². The lowest BCUT2D eigenvalue weighted by atomic mass is 10.1. The van der Waals surface area contributed by atoms with Crippen LogP contribution < -0.4 is 5.32 Å². The molecule has 1 amide bonds. The van der Waals surface area contributed by atoms with Crippen LogP contribution in [0.15, 0.2) is 42.5 Å². The molecule has 0 aliphatic heterocycles. The van der Waals surface area contributed by atoms with Gasteiger partial charge < -0.3 is 5.32 Å². The number of carbonyl (C=O) groups is 1. The predicted octanol–water partition coefficient (Wildman–Crippen LogP) is 5.64. The Morgan fingerprint density at radius 3 is 2.42 bits per heavy atom. The maximum absolute atomic E-state index is 12.4. The fourth-order valence-corrected chi connectivity index (χ4v) is 3.51. The Morgan fingerprint density at radius 1 is 1.08 bits per heavy atom. The Labute approximate surface area is 150 Å². The zero-order valence-electron chi connectivity index (χ0n) is 13.7. The molecule has 0 saturated carbocycles. The van der Waals surface area contributed by atoms with Crippen LogP contribution in [0.4, 0.5) is 5.69 Å². The highest BCUT2D eigenvalue weighted by Crippen LogP contribution is 2.27. The topological polar surface area (TPSA) is 42.0 Å². The molecule has 1 heterocycles. The Hall–Kier alpha value is -2.17. The van der Waals surface area contributed by atoms with E-state index in [0.29, 0.717) is 10.6 Å². The van der Waals surface area contributed by atoms with Crippen molar-refractivity contribution < 1.29 is 4.79 Å². The number of aryl methyl sites for hydroxylation is 3. The summed E-state index contributed by atoms with van der Waals surface area (Å²) in [6.45, 7) is 5.99. The van der Waals surface area contributed by atoms with Crippen molar-refractivity contribution in [3.05, 3.63) is 68.5 Å². The van der Waals surface area contributed by atoms with E-state index in [1.54, 1.807) is 23.5 Å². The minimum atomic E-state index is -0.155. The van der Waals surface area contributed by atoms with Gasteiger partial charge in [-0.05, 0) is 50.6 Å². The van der Waals surface area contributed by atoms with Crippen molar-refractivity contribution >= 4 is 34.5 Å². The molecule has 0 radical (unpaired) electrons. The van der Waals surface area contributed by atoms with E-state index in [-0.39, 0.29) is 5.91 Å². The number of aromatic nitrogens is 1. The summed E-state index contributed by atoms with van der Waals surface area (Å²) < 4.78 is 0. The molecule has 3 rings (SSSR count). The zero-order valence-corrected chi connectivity index (χ0v) is 15.3. The molecule has 0 spiro atoms. The molecule has 3 aromatic rings. The van der Waals surface area contributed by atoms with Crippen LogP contribution in [0.3, 0.4) is 0 Å². The first-order valence-electron chi connectivity index (χ1n) is 7.56. The number of benzene rings is 2. The molecule has 0 bridgehead atoms. The Morgan fingerprint density at radius 2 is 1.79 bits per heavy atom. The second-order valence-electron chi connectivity index (χ2n) is 5.63. The Bertz CT molecular complexity index is 900. The summed E-state index contributed by atoms with van der Waals surface area (Å²) >= 11 is 7.67. The average Bonchev–Trinajstić information content (AvgIpc) is 2.89. The second kappa shape index (κ2) is 6.75. The van der Waals surface area contributed by atoms with Crippen molar-refractivity contribution in [2.45, 2.75) is 20.8 Å². The van der Waals surface area contributed by atoms with Crippen molar-refractivity contribution in [1.29, 1.82) is 0 Å². The van der Waals surface area contributed by atoms with Crippen LogP contribution in [0, 0.1) is 20.8 Å². The van der Waals surface area contributed by atoms with E-state index in [1.165, 1.54) is 4.88 Å². The minimum absolute atomic E-state index is 0.155. The molecule has 0 aliphatic rings. The predicted molar refractivity (Wildman–Crippen MR) is 101 cm³/mol. The molecule has 0 atom stereocenters. The van der Waals surface area contributed by atoms with E-state index in [2.05, 4.69) is 17.2 Å². The quantitative estimate of drug-likeness (QED) is 0.659. The molecular formula is C19H17ClN2OS. The van der Waals surface area contributed by atoms with E-state index >= 15 is 0 Å². The highest BCUT2D eigenvalue weighted by molar-refractivity contribution is 7.11. The van der Waals surface area contributed by atoms with Crippen molar-refractivity contribution in [3.63, 3.8) is 0 Å². The fourth-order valence-electron chi connectivity index (χ4n) is 2.50. The van der Waals surface area contributed by atoms with E-state index in [0.717, 1.165) is 27.5 Å². The normalized spacial score (nSPS) is 10.7. The molecule has 1 N–H and O–H groups in total. The van der Waals surface area contributed by atoms with Gasteiger partial charge in [0, 0.05) is 26.7 Å². The van der Waals surface area contributed by atoms with Gasteiger partial charge in [-0.1, -0.05) is 29.8 Å². The zero-order chi connectivity index (χ0) is 17.3. The number of nitrogens with zero attached hydrogens (tertiary/aromatic N) is 1. The SMILES string of the molecule is Cc1nc(-c2ccc(C(=O)Nc3cc(Cl)ccc3C)cc2)c(C)s1. The first kappa shape index (κ1) is 16.7. The first-order chi connectivity index (χ1) is 11.4. The standard InChI is InChI=1S/C19H17ClN2OS/c1-11-4-9-16(20)10-17(11)22-19(23)15-7-5-14(6-8-15)18-12(2)24-13(3)21-18/h4-10H,1-3H3,(H,22,23). The van der Waals surface area contributed by atoms with Crippen LogP contribution in [0.25, 0.3) is 11.3 Å². The second-order valence-corrected chi connectivity index (χ2v) is 7.47. The first-order valence-corrected chi connectivity index (χ1v) is 8.75. The van der Waals surface area contributed by atoms with Crippen LogP contribution in [0.2, 0.25) is 5.02 Å². The van der Waals surface area contributed by atoms with Gasteiger partial charge >= 0.3 is 0 Å². The summed E-state index contributed by atoms with van der Waals surface area (Å²) in [7, 11) is 0. The number of carbonyl (C=O) groups excluding carboxylic acids is 1. The van der Waals surface area contributed by atoms with Crippen molar-refractivity contribution in [3.8, 4) is 11.3 Å². The lowest BCUT2D eigenvalue weighted by Gasteiger charge is -2.09. The maximum atomic E-state index is 12.4. The molecule has 0 saturated heterocycles. The van der Waals surface area contributed by atoms with Crippen LogP contribution >= 0.6 is 22.9 Å². The van der Waals surface area contributed by atoms with Gasteiger partial charge in [0.2, 0.25) is 0 Å². The summed E-state index contributed by atoms with van der Waals surface area (Å²) in [6, 6.07) is 12.9. The number of thiazole rings is 1. The third-order valence-electron chi connectivity index (χ3n) is 3.77. The number of rotatable bonds is 3. The Balaban J connectivity index is 1.81. The van der Waals surface area contributed by atoms with Gasteiger partial charge in [0.1, 0.15) is 0 Å². The number of nitrogens with one attached hydrogen (secondary N) is 1. The monoisotopic (exact) mass is 356 g/mol. The van der Waals surface area contributed by atoms with Crippen molar-refractivity contribution in [2.75, 3.05) is 5.32 Å². The molecule has 122 valence electrons. The largest absolute Gasteiger partial charge is 0.322 e. The third-order valence-corrected chi connectivity index (χ3v) is 4.89. The van der Waals surface area contributed by atoms with E-state index in [9.17, 15) is 4.79 Å². The highest BCUT2D eigenvalue weighted by Gasteiger charge is 2.11. The number of halogens is 1. The summed E-state index contributed by atoms with van der Waals surface area (Å²) in [4.78, 5) is 18.2. The number of hydrogen-bond donors (Lipinski definition) is 1. The maximum Gasteiger partial charge on any atom is 0.255 e. The highest BCUT2D eigenvalue weighted by atomic mass is 35.5. The van der Waals surface area contributed by atoms with Crippen LogP contribution in [-0.4, -0.2) is 10.9 Å². The minimum Gasteiger partial charge on any atom is -0.322 e. The van der Waals surface area contributed by atoms with Gasteiger partial charge in [0.05, 0.1) is 10.7 Å². The molecule has 5 heteroatoms. The molecular weight excluding hydrogens is 340 g/mol. The van der Waals surface area contributed by atoms with Gasteiger partial charge in [0.15, 0.2) is 0 Å². The summed E-state index contributed by atoms with van der Waals surface area (Å²) in [5.41, 5.74) is 4.30. The fraction of sp³-hybridized carbons (Fsp3) is 0.158.